The van der Waals surface area contributed by atoms with E-state index in [1.807, 2.05) is 0 Å². The topological polar surface area (TPSA) is 29.3 Å². The third kappa shape index (κ3) is 6.88. The van der Waals surface area contributed by atoms with Crippen molar-refractivity contribution >= 4 is 24.8 Å². The van der Waals surface area contributed by atoms with Gasteiger partial charge in [0, 0.05) is 6.04 Å². The predicted octanol–water partition coefficient (Wildman–Crippen LogP) is 2.30. The molecule has 1 fully saturated rings. The van der Waals surface area contributed by atoms with Gasteiger partial charge in [-0.15, -0.1) is 24.8 Å². The second-order valence-electron chi connectivity index (χ2n) is 4.37. The molecule has 0 aromatic carbocycles. The number of rotatable bonds is 3. The molecule has 1 saturated carbocycles. The molecule has 14 heavy (non-hydrogen) atoms. The number of nitrogens with two attached hydrogens (primary N) is 1. The van der Waals surface area contributed by atoms with Gasteiger partial charge in [0.05, 0.1) is 0 Å². The van der Waals surface area contributed by atoms with Crippen LogP contribution in [0.1, 0.15) is 32.1 Å². The molecule has 2 N–H and O–H groups in total. The Morgan fingerprint density at radius 3 is 2.00 bits per heavy atom. The van der Waals surface area contributed by atoms with E-state index in [-0.39, 0.29) is 24.8 Å². The molecule has 4 heteroatoms. The molecular weight excluding hydrogens is 219 g/mol. The van der Waals surface area contributed by atoms with Gasteiger partial charge in [0.1, 0.15) is 0 Å². The summed E-state index contributed by atoms with van der Waals surface area (Å²) in [6.45, 7) is 1.24. The van der Waals surface area contributed by atoms with Crippen LogP contribution >= 0.6 is 24.8 Å². The van der Waals surface area contributed by atoms with Gasteiger partial charge in [0.15, 0.2) is 0 Å². The molecule has 2 nitrogen and oxygen atoms in total. The van der Waals surface area contributed by atoms with Crippen molar-refractivity contribution in [1.29, 1.82) is 0 Å². The summed E-state index contributed by atoms with van der Waals surface area (Å²) < 4.78 is 0. The monoisotopic (exact) mass is 242 g/mol. The van der Waals surface area contributed by atoms with Crippen LogP contribution in [-0.2, 0) is 0 Å². The van der Waals surface area contributed by atoms with Gasteiger partial charge >= 0.3 is 0 Å². The van der Waals surface area contributed by atoms with Gasteiger partial charge in [-0.2, -0.15) is 0 Å². The summed E-state index contributed by atoms with van der Waals surface area (Å²) in [6, 6.07) is 0.501. The van der Waals surface area contributed by atoms with Crippen molar-refractivity contribution in [3.05, 3.63) is 0 Å². The highest BCUT2D eigenvalue weighted by Crippen LogP contribution is 2.25. The van der Waals surface area contributed by atoms with Crippen LogP contribution in [-0.4, -0.2) is 31.6 Å². The smallest absolute Gasteiger partial charge is 0.00390 e. The molecule has 88 valence electrons. The Bertz CT molecular complexity index is 123. The SMILES string of the molecule is CN(C)CC[C@H]1CC[C@H](N)CC1.Cl.Cl. The van der Waals surface area contributed by atoms with E-state index in [4.69, 9.17) is 5.73 Å². The van der Waals surface area contributed by atoms with E-state index in [1.165, 1.54) is 38.6 Å². The highest BCUT2D eigenvalue weighted by Gasteiger charge is 2.17. The zero-order chi connectivity index (χ0) is 8.97. The molecule has 0 saturated heterocycles. The van der Waals surface area contributed by atoms with E-state index in [2.05, 4.69) is 19.0 Å². The summed E-state index contributed by atoms with van der Waals surface area (Å²) in [5, 5.41) is 0. The maximum atomic E-state index is 5.84. The van der Waals surface area contributed by atoms with E-state index in [0.717, 1.165) is 5.92 Å². The number of halogens is 2. The third-order valence-electron chi connectivity index (χ3n) is 2.88. The molecule has 0 heterocycles. The van der Waals surface area contributed by atoms with E-state index < -0.39 is 0 Å². The first-order valence-electron chi connectivity index (χ1n) is 5.09. The van der Waals surface area contributed by atoms with Crippen molar-refractivity contribution in [1.82, 2.24) is 4.90 Å². The Hall–Kier alpha value is 0.500. The van der Waals surface area contributed by atoms with E-state index in [9.17, 15) is 0 Å². The molecular formula is C10H24Cl2N2. The summed E-state index contributed by atoms with van der Waals surface area (Å²) in [6.07, 6.45) is 6.57. The number of hydrogen-bond donors (Lipinski definition) is 1. The van der Waals surface area contributed by atoms with E-state index >= 15 is 0 Å². The van der Waals surface area contributed by atoms with Gasteiger partial charge in [-0.05, 0) is 58.7 Å². The quantitative estimate of drug-likeness (QED) is 0.824. The molecule has 0 aromatic heterocycles. The molecule has 0 atom stereocenters. The molecule has 0 aromatic rings. The largest absolute Gasteiger partial charge is 0.328 e. The Morgan fingerprint density at radius 1 is 1.07 bits per heavy atom. The van der Waals surface area contributed by atoms with Crippen LogP contribution in [0.25, 0.3) is 0 Å². The highest BCUT2D eigenvalue weighted by atomic mass is 35.5. The van der Waals surface area contributed by atoms with Crippen LogP contribution in [0.2, 0.25) is 0 Å². The maximum Gasteiger partial charge on any atom is 0.00390 e. The minimum atomic E-state index is 0. The Labute approximate surface area is 100 Å². The predicted molar refractivity (Wildman–Crippen MR) is 67.6 cm³/mol. The van der Waals surface area contributed by atoms with Gasteiger partial charge < -0.3 is 10.6 Å². The average molecular weight is 243 g/mol. The normalized spacial score (nSPS) is 26.6. The van der Waals surface area contributed by atoms with Crippen LogP contribution in [0.5, 0.6) is 0 Å². The summed E-state index contributed by atoms with van der Waals surface area (Å²) in [4.78, 5) is 2.27. The third-order valence-corrected chi connectivity index (χ3v) is 2.88. The molecule has 1 aliphatic carbocycles. The Morgan fingerprint density at radius 2 is 1.57 bits per heavy atom. The van der Waals surface area contributed by atoms with Crippen molar-refractivity contribution in [2.24, 2.45) is 11.7 Å². The standard InChI is InChI=1S/C10H22N2.2ClH/c1-12(2)8-7-9-3-5-10(11)6-4-9;;/h9-10H,3-8,11H2,1-2H3;2*1H/t9-,10-;;. The van der Waals surface area contributed by atoms with Crippen molar-refractivity contribution in [3.8, 4) is 0 Å². The van der Waals surface area contributed by atoms with Crippen LogP contribution in [0.15, 0.2) is 0 Å². The lowest BCUT2D eigenvalue weighted by Gasteiger charge is -2.26. The summed E-state index contributed by atoms with van der Waals surface area (Å²) in [5.41, 5.74) is 5.84. The van der Waals surface area contributed by atoms with Crippen molar-refractivity contribution in [3.63, 3.8) is 0 Å². The van der Waals surface area contributed by atoms with Crippen LogP contribution in [0.3, 0.4) is 0 Å². The lowest BCUT2D eigenvalue weighted by molar-refractivity contribution is 0.275. The summed E-state index contributed by atoms with van der Waals surface area (Å²) in [5.74, 6) is 0.951. The first kappa shape index (κ1) is 16.9. The van der Waals surface area contributed by atoms with Gasteiger partial charge in [-0.1, -0.05) is 0 Å². The first-order valence-corrected chi connectivity index (χ1v) is 5.09. The summed E-state index contributed by atoms with van der Waals surface area (Å²) in [7, 11) is 4.29. The molecule has 0 aliphatic heterocycles. The van der Waals surface area contributed by atoms with Crippen molar-refractivity contribution in [2.45, 2.75) is 38.1 Å². The highest BCUT2D eigenvalue weighted by molar-refractivity contribution is 5.85. The van der Waals surface area contributed by atoms with Crippen molar-refractivity contribution in [2.75, 3.05) is 20.6 Å². The average Bonchev–Trinajstić information content (AvgIpc) is 2.03. The van der Waals surface area contributed by atoms with Crippen molar-refractivity contribution < 1.29 is 0 Å². The fourth-order valence-electron chi connectivity index (χ4n) is 1.92. The molecule has 0 spiro atoms. The van der Waals surface area contributed by atoms with Crippen LogP contribution in [0.4, 0.5) is 0 Å². The number of nitrogens with zero attached hydrogens (tertiary/aromatic N) is 1. The second-order valence-corrected chi connectivity index (χ2v) is 4.37. The molecule has 0 radical (unpaired) electrons. The van der Waals surface area contributed by atoms with Gasteiger partial charge in [-0.3, -0.25) is 0 Å². The van der Waals surface area contributed by atoms with E-state index in [1.54, 1.807) is 0 Å². The first-order chi connectivity index (χ1) is 5.68. The lowest BCUT2D eigenvalue weighted by Crippen LogP contribution is -2.28. The molecule has 0 unspecified atom stereocenters. The van der Waals surface area contributed by atoms with Gasteiger partial charge in [0.25, 0.3) is 0 Å². The zero-order valence-electron chi connectivity index (χ0n) is 9.24. The van der Waals surface area contributed by atoms with Crippen LogP contribution in [0, 0.1) is 5.92 Å². The molecule has 0 amide bonds. The fraction of sp³-hybridized carbons (Fsp3) is 1.00. The lowest BCUT2D eigenvalue weighted by atomic mass is 9.84. The van der Waals surface area contributed by atoms with E-state index in [0.29, 0.717) is 6.04 Å². The molecule has 1 rings (SSSR count). The Balaban J connectivity index is 0. The maximum absolute atomic E-state index is 5.84. The second kappa shape index (κ2) is 8.78. The molecule has 1 aliphatic rings. The van der Waals surface area contributed by atoms with Gasteiger partial charge in [-0.25, -0.2) is 0 Å². The summed E-state index contributed by atoms with van der Waals surface area (Å²) >= 11 is 0. The minimum absolute atomic E-state index is 0. The molecule has 0 bridgehead atoms. The minimum Gasteiger partial charge on any atom is -0.328 e. The van der Waals surface area contributed by atoms with Gasteiger partial charge in [0.2, 0.25) is 0 Å². The van der Waals surface area contributed by atoms with Crippen LogP contribution < -0.4 is 5.73 Å². The number of hydrogen-bond acceptors (Lipinski definition) is 2. The Kier molecular flexibility index (Phi) is 10.6. The zero-order valence-corrected chi connectivity index (χ0v) is 10.9. The fourth-order valence-corrected chi connectivity index (χ4v) is 1.92.